The third kappa shape index (κ3) is 1.93. The highest BCUT2D eigenvalue weighted by molar-refractivity contribution is 6.33. The number of nitrogens with zero attached hydrogens (tertiary/aromatic N) is 3. The van der Waals surface area contributed by atoms with Crippen LogP contribution in [0.5, 0.6) is 0 Å². The Morgan fingerprint density at radius 3 is 2.41 bits per heavy atom. The Hall–Kier alpha value is -2.27. The number of benzene rings is 1. The Morgan fingerprint density at radius 1 is 1.09 bits per heavy atom. The molecule has 0 atom stereocenters. The molecular weight excluding hydrogens is 302 g/mol. The van der Waals surface area contributed by atoms with Crippen LogP contribution in [0, 0.1) is 0 Å². The molecule has 0 aliphatic heterocycles. The maximum Gasteiger partial charge on any atom is 0.330 e. The summed E-state index contributed by atoms with van der Waals surface area (Å²) in [5, 5.41) is 1.09. The van der Waals surface area contributed by atoms with Crippen LogP contribution in [0.4, 0.5) is 0 Å². The number of halogens is 1. The normalized spacial score (nSPS) is 11.3. The van der Waals surface area contributed by atoms with Gasteiger partial charge >= 0.3 is 5.69 Å². The van der Waals surface area contributed by atoms with Gasteiger partial charge in [0.05, 0.1) is 16.6 Å². The van der Waals surface area contributed by atoms with E-state index in [1.54, 1.807) is 13.1 Å². The van der Waals surface area contributed by atoms with E-state index >= 15 is 0 Å². The van der Waals surface area contributed by atoms with Crippen LogP contribution >= 0.6 is 11.6 Å². The van der Waals surface area contributed by atoms with E-state index in [0.29, 0.717) is 22.5 Å². The fourth-order valence-electron chi connectivity index (χ4n) is 2.78. The first-order valence-electron chi connectivity index (χ1n) is 7.01. The van der Waals surface area contributed by atoms with Crippen LogP contribution in [0.15, 0.2) is 40.1 Å². The number of hydrogen-bond acceptors (Lipinski definition) is 2. The minimum absolute atomic E-state index is 0.305. The molecule has 22 heavy (non-hydrogen) atoms. The van der Waals surface area contributed by atoms with Gasteiger partial charge < -0.3 is 4.57 Å². The molecule has 0 amide bonds. The second-order valence-electron chi connectivity index (χ2n) is 5.21. The summed E-state index contributed by atoms with van der Waals surface area (Å²) in [5.41, 5.74) is 1.51. The van der Waals surface area contributed by atoms with Crippen molar-refractivity contribution in [3.05, 3.63) is 56.3 Å². The summed E-state index contributed by atoms with van der Waals surface area (Å²) in [4.78, 5) is 24.7. The zero-order chi connectivity index (χ0) is 16.0. The van der Waals surface area contributed by atoms with Crippen molar-refractivity contribution in [1.82, 2.24) is 13.7 Å². The molecule has 0 saturated carbocycles. The molecule has 3 aromatic rings. The van der Waals surface area contributed by atoms with Crippen LogP contribution in [0.1, 0.15) is 6.92 Å². The van der Waals surface area contributed by atoms with Crippen molar-refractivity contribution in [3.8, 4) is 11.3 Å². The summed E-state index contributed by atoms with van der Waals surface area (Å²) in [5.74, 6) is 0. The van der Waals surface area contributed by atoms with Gasteiger partial charge in [-0.25, -0.2) is 4.79 Å². The highest BCUT2D eigenvalue weighted by atomic mass is 35.5. The molecule has 0 radical (unpaired) electrons. The molecule has 0 aliphatic carbocycles. The predicted molar refractivity (Wildman–Crippen MR) is 88.5 cm³/mol. The minimum atomic E-state index is -0.337. The average molecular weight is 318 g/mol. The van der Waals surface area contributed by atoms with E-state index in [1.807, 2.05) is 35.9 Å². The fraction of sp³-hybridized carbons (Fsp3) is 0.250. The van der Waals surface area contributed by atoms with Crippen LogP contribution in [0.3, 0.4) is 0 Å². The molecule has 0 unspecified atom stereocenters. The van der Waals surface area contributed by atoms with E-state index in [-0.39, 0.29) is 11.2 Å². The summed E-state index contributed by atoms with van der Waals surface area (Å²) in [6.45, 7) is 2.66. The lowest BCUT2D eigenvalue weighted by Crippen LogP contribution is -2.36. The molecule has 114 valence electrons. The smallest absolute Gasteiger partial charge is 0.330 e. The number of aryl methyl sites for hydroxylation is 2. The van der Waals surface area contributed by atoms with Crippen molar-refractivity contribution in [3.63, 3.8) is 0 Å². The molecule has 0 aliphatic rings. The molecule has 0 spiro atoms. The van der Waals surface area contributed by atoms with E-state index in [9.17, 15) is 9.59 Å². The van der Waals surface area contributed by atoms with Gasteiger partial charge in [-0.1, -0.05) is 29.8 Å². The van der Waals surface area contributed by atoms with Crippen molar-refractivity contribution in [2.75, 3.05) is 0 Å². The van der Waals surface area contributed by atoms with Crippen LogP contribution in [0.25, 0.3) is 22.2 Å². The third-order valence-electron chi connectivity index (χ3n) is 3.98. The zero-order valence-corrected chi connectivity index (χ0v) is 13.4. The Morgan fingerprint density at radius 2 is 1.77 bits per heavy atom. The van der Waals surface area contributed by atoms with Crippen molar-refractivity contribution < 1.29 is 0 Å². The monoisotopic (exact) mass is 317 g/mol. The van der Waals surface area contributed by atoms with Gasteiger partial charge in [0, 0.05) is 37.4 Å². The molecule has 2 aromatic heterocycles. The van der Waals surface area contributed by atoms with E-state index in [1.165, 1.54) is 11.6 Å². The standard InChI is InChI=1S/C16H16ClN3O2/c1-4-20-9-12-13(15(21)19(3)16(22)18(12)2)14(20)10-7-5-6-8-11(10)17/h5-9H,4H2,1-3H3. The topological polar surface area (TPSA) is 48.9 Å². The highest BCUT2D eigenvalue weighted by Gasteiger charge is 2.19. The lowest BCUT2D eigenvalue weighted by molar-refractivity contribution is 0.714. The van der Waals surface area contributed by atoms with Gasteiger partial charge in [-0.2, -0.15) is 0 Å². The number of aromatic nitrogens is 3. The van der Waals surface area contributed by atoms with E-state index in [2.05, 4.69) is 0 Å². The number of fused-ring (bicyclic) bond motifs is 1. The van der Waals surface area contributed by atoms with Crippen molar-refractivity contribution in [2.45, 2.75) is 13.5 Å². The third-order valence-corrected chi connectivity index (χ3v) is 4.31. The minimum Gasteiger partial charge on any atom is -0.345 e. The van der Waals surface area contributed by atoms with Crippen molar-refractivity contribution in [1.29, 1.82) is 0 Å². The van der Waals surface area contributed by atoms with E-state index in [0.717, 1.165) is 15.8 Å². The van der Waals surface area contributed by atoms with Crippen molar-refractivity contribution in [2.24, 2.45) is 14.1 Å². The van der Waals surface area contributed by atoms with Gasteiger partial charge in [0.25, 0.3) is 5.56 Å². The van der Waals surface area contributed by atoms with E-state index < -0.39 is 0 Å². The highest BCUT2D eigenvalue weighted by Crippen LogP contribution is 2.32. The maximum atomic E-state index is 12.6. The van der Waals surface area contributed by atoms with Gasteiger partial charge in [0.2, 0.25) is 0 Å². The quantitative estimate of drug-likeness (QED) is 0.728. The van der Waals surface area contributed by atoms with Crippen LogP contribution in [-0.2, 0) is 20.6 Å². The Labute approximate surface area is 132 Å². The van der Waals surface area contributed by atoms with Gasteiger partial charge in [-0.15, -0.1) is 0 Å². The Bertz CT molecular complexity index is 995. The molecule has 3 rings (SSSR count). The van der Waals surface area contributed by atoms with Crippen LogP contribution in [-0.4, -0.2) is 13.7 Å². The predicted octanol–water partition coefficient (Wildman–Crippen LogP) is 2.38. The lowest BCUT2D eigenvalue weighted by atomic mass is 10.1. The number of rotatable bonds is 2. The first-order valence-corrected chi connectivity index (χ1v) is 7.39. The molecule has 5 nitrogen and oxygen atoms in total. The summed E-state index contributed by atoms with van der Waals surface area (Å²) >= 11 is 6.32. The fourth-order valence-corrected chi connectivity index (χ4v) is 3.01. The Kier molecular flexibility index (Phi) is 3.45. The van der Waals surface area contributed by atoms with E-state index in [4.69, 9.17) is 11.6 Å². The molecule has 1 aromatic carbocycles. The molecule has 6 heteroatoms. The largest absolute Gasteiger partial charge is 0.345 e. The maximum absolute atomic E-state index is 12.6. The average Bonchev–Trinajstić information content (AvgIpc) is 2.91. The number of hydrogen-bond donors (Lipinski definition) is 0. The first-order chi connectivity index (χ1) is 10.5. The van der Waals surface area contributed by atoms with Gasteiger partial charge in [-0.3, -0.25) is 13.9 Å². The lowest BCUT2D eigenvalue weighted by Gasteiger charge is -2.09. The van der Waals surface area contributed by atoms with Gasteiger partial charge in [-0.05, 0) is 13.0 Å². The van der Waals surface area contributed by atoms with Crippen molar-refractivity contribution >= 4 is 22.5 Å². The molecule has 0 N–H and O–H groups in total. The second-order valence-corrected chi connectivity index (χ2v) is 5.62. The second kappa shape index (κ2) is 5.18. The molecule has 0 fully saturated rings. The first kappa shape index (κ1) is 14.7. The summed E-state index contributed by atoms with van der Waals surface area (Å²) in [6, 6.07) is 7.41. The summed E-state index contributed by atoms with van der Waals surface area (Å²) in [6.07, 6.45) is 1.83. The molecular formula is C16H16ClN3O2. The SMILES string of the molecule is CCn1cc2c(c1-c1ccccc1Cl)c(=O)n(C)c(=O)n2C. The van der Waals surface area contributed by atoms with Gasteiger partial charge in [0.1, 0.15) is 0 Å². The zero-order valence-electron chi connectivity index (χ0n) is 12.6. The van der Waals surface area contributed by atoms with Crippen LogP contribution < -0.4 is 11.2 Å². The Balaban J connectivity index is 2.58. The summed E-state index contributed by atoms with van der Waals surface area (Å²) in [7, 11) is 3.16. The van der Waals surface area contributed by atoms with Crippen LogP contribution in [0.2, 0.25) is 5.02 Å². The molecule has 2 heterocycles. The molecule has 0 saturated heterocycles. The summed E-state index contributed by atoms with van der Waals surface area (Å²) < 4.78 is 4.57. The van der Waals surface area contributed by atoms with Gasteiger partial charge in [0.15, 0.2) is 0 Å². The molecule has 0 bridgehead atoms.